The van der Waals surface area contributed by atoms with Gasteiger partial charge < -0.3 is 49.4 Å². The fourth-order valence-electron chi connectivity index (χ4n) is 9.99. The number of aliphatic hydroxyl groups excluding tert-OH is 2. The van der Waals surface area contributed by atoms with Gasteiger partial charge >= 0.3 is 24.0 Å². The zero-order valence-corrected chi connectivity index (χ0v) is 41.7. The van der Waals surface area contributed by atoms with Gasteiger partial charge in [0, 0.05) is 37.5 Å². The molecule has 5 N–H and O–H groups in total. The van der Waals surface area contributed by atoms with Gasteiger partial charge in [-0.05, 0) is 97.6 Å². The summed E-state index contributed by atoms with van der Waals surface area (Å²) in [5.74, 6) is -5.11. The molecule has 68 heavy (non-hydrogen) atoms. The zero-order chi connectivity index (χ0) is 50.7. The van der Waals surface area contributed by atoms with Crippen LogP contribution in [0, 0.1) is 16.7 Å². The standard InChI is InChI=1S/C53H77NO14/c1-11-12-13-14-15-16-17-18-19-20-21-22-23-24-25-26-27-28-29-30-40(56)67-38-31-39-52(62,33-64-39)44-46(65-36(4)55)53(63)32-37(34(2)41(50(53,8)9)43(58)45(59)51(38,44)10)66-47(60)42(57)35(3)54-48(61)68-49(5,6)7/h12-13,15-16,18-19,21-22,24-25,27-28,35,37-39,42-44,46,57-58,62-63H,11,14,17,20,23,26,29-33H2,1-10H3,(H,54,61)/b13-12-,16-15-,19-18-,22-21-,25-24-,28-27-/t35-,37?,38-,39+,42?,43+,44-,46-,51+,52-,53+/m0/s1. The molecule has 378 valence electrons. The van der Waals surface area contributed by atoms with Gasteiger partial charge in [0.1, 0.15) is 41.2 Å². The van der Waals surface area contributed by atoms with E-state index in [0.29, 0.717) is 12.8 Å². The Kier molecular flexibility index (Phi) is 19.5. The molecule has 15 heteroatoms. The Morgan fingerprint density at radius 1 is 0.853 bits per heavy atom. The molecule has 1 saturated heterocycles. The SMILES string of the molecule is CC/C=C\C/C=C\C/C=C\C/C=C\C/C=C\C/C=C\CCC(=O)O[C@H]1C[C@H]2OC[C@@]2(O)[C@H]2[C@H](OC(C)=O)[C@]3(O)CC(OC(=O)C(O)[C@H](C)NC(=O)OC(C)(C)C)C(C)=C([C@@H](O)C(=O)[C@]12C)C3(C)C. The van der Waals surface area contributed by atoms with Gasteiger partial charge in [-0.15, -0.1) is 0 Å². The zero-order valence-electron chi connectivity index (χ0n) is 41.7. The second-order valence-electron chi connectivity index (χ2n) is 20.2. The average Bonchev–Trinajstić information content (AvgIpc) is 3.24. The molecule has 1 aliphatic heterocycles. The molecule has 1 heterocycles. The molecule has 2 unspecified atom stereocenters. The number of fused-ring (bicyclic) bond motifs is 5. The van der Waals surface area contributed by atoms with E-state index in [-0.39, 0.29) is 30.6 Å². The van der Waals surface area contributed by atoms with Crippen molar-refractivity contribution in [3.05, 3.63) is 84.1 Å². The van der Waals surface area contributed by atoms with E-state index in [4.69, 9.17) is 23.7 Å². The summed E-state index contributed by atoms with van der Waals surface area (Å²) in [6.45, 7) is 15.3. The van der Waals surface area contributed by atoms with Crippen molar-refractivity contribution >= 4 is 29.8 Å². The Hall–Kier alpha value is -4.67. The first-order chi connectivity index (χ1) is 31.9. The average molecular weight is 952 g/mol. The van der Waals surface area contributed by atoms with Crippen molar-refractivity contribution in [1.82, 2.24) is 5.32 Å². The van der Waals surface area contributed by atoms with Crippen molar-refractivity contribution in [2.45, 2.75) is 193 Å². The first-order valence-corrected chi connectivity index (χ1v) is 24.0. The number of rotatable bonds is 20. The number of alkyl carbamates (subject to hydrolysis) is 1. The van der Waals surface area contributed by atoms with E-state index in [2.05, 4.69) is 66.9 Å². The summed E-state index contributed by atoms with van der Waals surface area (Å²) in [4.78, 5) is 67.7. The summed E-state index contributed by atoms with van der Waals surface area (Å²) in [7, 11) is 0. The molecule has 0 aromatic heterocycles. The molecule has 15 nitrogen and oxygen atoms in total. The number of allylic oxidation sites excluding steroid dienone is 12. The van der Waals surface area contributed by atoms with Crippen molar-refractivity contribution in [3.63, 3.8) is 0 Å². The summed E-state index contributed by atoms with van der Waals surface area (Å²) in [6, 6.07) is -1.20. The van der Waals surface area contributed by atoms with Crippen LogP contribution in [0.3, 0.4) is 0 Å². The quantitative estimate of drug-likeness (QED) is 0.0468. The van der Waals surface area contributed by atoms with Crippen molar-refractivity contribution in [3.8, 4) is 0 Å². The minimum Gasteiger partial charge on any atom is -0.461 e. The highest BCUT2D eigenvalue weighted by Gasteiger charge is 2.77. The number of hydrogen-bond donors (Lipinski definition) is 5. The van der Waals surface area contributed by atoms with Gasteiger partial charge in [0.05, 0.1) is 24.2 Å². The highest BCUT2D eigenvalue weighted by atomic mass is 16.6. The molecule has 3 fully saturated rings. The molecule has 2 bridgehead atoms. The minimum absolute atomic E-state index is 0.0398. The number of aliphatic hydroxyl groups is 4. The number of carbonyl (C=O) groups excluding carboxylic acids is 5. The Morgan fingerprint density at radius 3 is 1.87 bits per heavy atom. The van der Waals surface area contributed by atoms with E-state index in [1.54, 1.807) is 34.6 Å². The highest BCUT2D eigenvalue weighted by Crippen LogP contribution is 2.63. The predicted octanol–water partition coefficient (Wildman–Crippen LogP) is 7.07. The first kappa shape index (κ1) is 55.9. The number of hydrogen-bond acceptors (Lipinski definition) is 14. The summed E-state index contributed by atoms with van der Waals surface area (Å²) in [5, 5.41) is 51.2. The number of Topliss-reactive ketones (excluding diaryl/α,β-unsaturated/α-hetero) is 1. The summed E-state index contributed by atoms with van der Waals surface area (Å²) < 4.78 is 28.9. The largest absolute Gasteiger partial charge is 0.461 e. The third kappa shape index (κ3) is 12.9. The molecule has 11 atom stereocenters. The second-order valence-corrected chi connectivity index (χ2v) is 20.2. The van der Waals surface area contributed by atoms with Crippen LogP contribution in [0.15, 0.2) is 84.1 Å². The van der Waals surface area contributed by atoms with Crippen molar-refractivity contribution in [2.75, 3.05) is 6.61 Å². The van der Waals surface area contributed by atoms with E-state index in [1.807, 2.05) is 18.2 Å². The lowest BCUT2D eigenvalue weighted by Crippen LogP contribution is -2.81. The fourth-order valence-corrected chi connectivity index (χ4v) is 9.99. The van der Waals surface area contributed by atoms with Crippen molar-refractivity contribution < 1.29 is 68.1 Å². The van der Waals surface area contributed by atoms with Crippen LogP contribution in [0.5, 0.6) is 0 Å². The summed E-state index contributed by atoms with van der Waals surface area (Å²) in [6.07, 6.45) is 19.7. The number of esters is 3. The summed E-state index contributed by atoms with van der Waals surface area (Å²) in [5.41, 5.74) is -8.46. The first-order valence-electron chi connectivity index (χ1n) is 24.0. The maximum Gasteiger partial charge on any atom is 0.407 e. The Labute approximate surface area is 402 Å². The number of amides is 1. The number of carbonyl (C=O) groups is 5. The van der Waals surface area contributed by atoms with Crippen LogP contribution in [-0.4, -0.2) is 116 Å². The Morgan fingerprint density at radius 2 is 1.38 bits per heavy atom. The Balaban J connectivity index is 1.50. The predicted molar refractivity (Wildman–Crippen MR) is 256 cm³/mol. The molecule has 0 radical (unpaired) electrons. The Bertz CT molecular complexity index is 2020. The maximum absolute atomic E-state index is 15.1. The monoisotopic (exact) mass is 952 g/mol. The van der Waals surface area contributed by atoms with Crippen LogP contribution >= 0.6 is 0 Å². The van der Waals surface area contributed by atoms with E-state index in [9.17, 15) is 39.6 Å². The molecule has 0 spiro atoms. The van der Waals surface area contributed by atoms with Crippen LogP contribution in [-0.2, 0) is 42.9 Å². The van der Waals surface area contributed by atoms with Crippen molar-refractivity contribution in [1.29, 1.82) is 0 Å². The number of nitrogens with one attached hydrogen (secondary N) is 1. The van der Waals surface area contributed by atoms with E-state index in [0.717, 1.165) is 39.0 Å². The van der Waals surface area contributed by atoms with Gasteiger partial charge in [-0.2, -0.15) is 0 Å². The third-order valence-corrected chi connectivity index (χ3v) is 13.7. The minimum atomic E-state index is -2.28. The molecular formula is C53H77NO14. The molecule has 1 amide bonds. The molecule has 4 rings (SSSR count). The lowest BCUT2D eigenvalue weighted by molar-refractivity contribution is -0.345. The number of ketones is 1. The second kappa shape index (κ2) is 23.8. The van der Waals surface area contributed by atoms with Gasteiger partial charge in [0.2, 0.25) is 0 Å². The van der Waals surface area contributed by atoms with E-state index in [1.165, 1.54) is 20.8 Å². The molecular weight excluding hydrogens is 875 g/mol. The van der Waals surface area contributed by atoms with Crippen LogP contribution in [0.2, 0.25) is 0 Å². The van der Waals surface area contributed by atoms with Crippen LogP contribution < -0.4 is 5.32 Å². The topological polar surface area (TPSA) is 224 Å². The van der Waals surface area contributed by atoms with Crippen LogP contribution in [0.25, 0.3) is 0 Å². The third-order valence-electron chi connectivity index (χ3n) is 13.7. The smallest absolute Gasteiger partial charge is 0.407 e. The van der Waals surface area contributed by atoms with Crippen LogP contribution in [0.4, 0.5) is 4.79 Å². The maximum atomic E-state index is 15.1. The van der Waals surface area contributed by atoms with Gasteiger partial charge in [-0.1, -0.05) is 93.7 Å². The van der Waals surface area contributed by atoms with E-state index >= 15 is 4.79 Å². The molecule has 3 aliphatic carbocycles. The van der Waals surface area contributed by atoms with Gasteiger partial charge in [-0.3, -0.25) is 14.4 Å². The molecule has 2 saturated carbocycles. The number of ether oxygens (including phenoxy) is 5. The lowest BCUT2D eigenvalue weighted by atomic mass is 9.44. The van der Waals surface area contributed by atoms with Gasteiger partial charge in [0.25, 0.3) is 0 Å². The highest BCUT2D eigenvalue weighted by molar-refractivity contribution is 5.94. The molecule has 0 aromatic carbocycles. The van der Waals surface area contributed by atoms with E-state index < -0.39 is 112 Å². The summed E-state index contributed by atoms with van der Waals surface area (Å²) >= 11 is 0. The molecule has 0 aromatic rings. The van der Waals surface area contributed by atoms with Gasteiger partial charge in [0.15, 0.2) is 11.9 Å². The normalized spacial score (nSPS) is 31.4. The van der Waals surface area contributed by atoms with Crippen molar-refractivity contribution in [2.24, 2.45) is 16.7 Å². The lowest BCUT2D eigenvalue weighted by Gasteiger charge is -2.67. The van der Waals surface area contributed by atoms with Crippen LogP contribution in [0.1, 0.15) is 133 Å². The fraction of sp³-hybridized carbons (Fsp3) is 0.642. The van der Waals surface area contributed by atoms with Gasteiger partial charge in [-0.25, -0.2) is 9.59 Å². The molecule has 4 aliphatic rings.